The molecule has 0 aliphatic carbocycles. The Morgan fingerprint density at radius 1 is 1.11 bits per heavy atom. The molecule has 4 nitrogen and oxygen atoms in total. The molecule has 19 heavy (non-hydrogen) atoms. The van der Waals surface area contributed by atoms with Crippen LogP contribution in [0.25, 0.3) is 0 Å². The van der Waals surface area contributed by atoms with E-state index in [4.69, 9.17) is 9.47 Å². The highest BCUT2D eigenvalue weighted by atomic mass is 79.9. The van der Waals surface area contributed by atoms with Gasteiger partial charge in [-0.25, -0.2) is 9.59 Å². The van der Waals surface area contributed by atoms with Crippen LogP contribution < -0.4 is 0 Å². The van der Waals surface area contributed by atoms with E-state index in [0.717, 1.165) is 9.37 Å². The highest BCUT2D eigenvalue weighted by Crippen LogP contribution is 2.27. The second kappa shape index (κ2) is 5.38. The van der Waals surface area contributed by atoms with Gasteiger partial charge in [0, 0.05) is 23.2 Å². The minimum Gasteiger partial charge on any atom is -0.419 e. The largest absolute Gasteiger partial charge is 0.419 e. The lowest BCUT2D eigenvalue weighted by Crippen LogP contribution is -2.41. The average Bonchev–Trinajstić information content (AvgIpc) is 2.29. The van der Waals surface area contributed by atoms with E-state index in [-0.39, 0.29) is 5.57 Å². The minimum atomic E-state index is -1.20. The Morgan fingerprint density at radius 2 is 1.63 bits per heavy atom. The maximum absolute atomic E-state index is 11.7. The maximum atomic E-state index is 11.7. The smallest absolute Gasteiger partial charge is 0.349 e. The van der Waals surface area contributed by atoms with Crippen LogP contribution in [0.15, 0.2) is 44.6 Å². The first-order valence-corrected chi connectivity index (χ1v) is 7.14. The Labute approximate surface area is 123 Å². The number of thioether (sulfide) groups is 1. The summed E-state index contributed by atoms with van der Waals surface area (Å²) in [6.07, 6.45) is 0. The number of hydrogen-bond acceptors (Lipinski definition) is 5. The predicted octanol–water partition coefficient (Wildman–Crippen LogP) is 3.26. The number of halogens is 1. The molecular formula is C13H11BrO4S. The van der Waals surface area contributed by atoms with Crippen molar-refractivity contribution in [3.8, 4) is 0 Å². The van der Waals surface area contributed by atoms with Gasteiger partial charge in [-0.3, -0.25) is 0 Å². The lowest BCUT2D eigenvalue weighted by atomic mass is 10.2. The van der Waals surface area contributed by atoms with Gasteiger partial charge in [-0.1, -0.05) is 27.7 Å². The zero-order chi connectivity index (χ0) is 14.0. The van der Waals surface area contributed by atoms with Crippen LogP contribution in [-0.4, -0.2) is 17.7 Å². The summed E-state index contributed by atoms with van der Waals surface area (Å²) < 4.78 is 10.9. The number of ether oxygens (including phenoxy) is 2. The fourth-order valence-corrected chi connectivity index (χ4v) is 2.40. The van der Waals surface area contributed by atoms with Crippen LogP contribution in [0.5, 0.6) is 0 Å². The van der Waals surface area contributed by atoms with E-state index >= 15 is 0 Å². The van der Waals surface area contributed by atoms with Gasteiger partial charge in [0.15, 0.2) is 5.57 Å². The van der Waals surface area contributed by atoms with Crippen molar-refractivity contribution in [3.63, 3.8) is 0 Å². The molecule has 6 heteroatoms. The van der Waals surface area contributed by atoms with Gasteiger partial charge < -0.3 is 9.47 Å². The molecule has 1 aliphatic heterocycles. The SMILES string of the molecule is CC1(C)OC(=O)C(=CSc2ccc(Br)cc2)C(=O)O1. The molecule has 0 bridgehead atoms. The summed E-state index contributed by atoms with van der Waals surface area (Å²) in [7, 11) is 0. The molecule has 1 fully saturated rings. The predicted molar refractivity (Wildman–Crippen MR) is 74.3 cm³/mol. The zero-order valence-corrected chi connectivity index (χ0v) is 12.7. The Balaban J connectivity index is 2.13. The molecule has 1 aliphatic rings. The molecule has 0 amide bonds. The highest BCUT2D eigenvalue weighted by molar-refractivity contribution is 9.10. The number of carbonyl (C=O) groups is 2. The fourth-order valence-electron chi connectivity index (χ4n) is 1.40. The van der Waals surface area contributed by atoms with Crippen molar-refractivity contribution in [1.82, 2.24) is 0 Å². The average molecular weight is 343 g/mol. The second-order valence-corrected chi connectivity index (χ2v) is 6.14. The molecule has 0 saturated carbocycles. The molecule has 0 aromatic heterocycles. The summed E-state index contributed by atoms with van der Waals surface area (Å²) >= 11 is 4.59. The molecule has 0 spiro atoms. The van der Waals surface area contributed by atoms with Crippen LogP contribution in [0.1, 0.15) is 13.8 Å². The quantitative estimate of drug-likeness (QED) is 0.357. The first kappa shape index (κ1) is 14.1. The Kier molecular flexibility index (Phi) is 4.01. The molecule has 1 saturated heterocycles. The molecule has 1 aromatic rings. The lowest BCUT2D eigenvalue weighted by Gasteiger charge is -2.29. The normalized spacial score (nSPS) is 17.7. The molecule has 2 rings (SSSR count). The van der Waals surface area contributed by atoms with Crippen LogP contribution >= 0.6 is 27.7 Å². The second-order valence-electron chi connectivity index (χ2n) is 4.28. The lowest BCUT2D eigenvalue weighted by molar-refractivity contribution is -0.222. The van der Waals surface area contributed by atoms with E-state index in [9.17, 15) is 9.59 Å². The summed E-state index contributed by atoms with van der Waals surface area (Å²) in [5, 5.41) is 1.45. The zero-order valence-electron chi connectivity index (χ0n) is 10.3. The standard InChI is InChI=1S/C13H11BrO4S/c1-13(2)17-11(15)10(12(16)18-13)7-19-9-5-3-8(14)4-6-9/h3-7H,1-2H3. The summed E-state index contributed by atoms with van der Waals surface area (Å²) in [6.45, 7) is 3.03. The van der Waals surface area contributed by atoms with Crippen LogP contribution in [0.4, 0.5) is 0 Å². The number of benzene rings is 1. The van der Waals surface area contributed by atoms with E-state index in [2.05, 4.69) is 15.9 Å². The highest BCUT2D eigenvalue weighted by Gasteiger charge is 2.38. The monoisotopic (exact) mass is 342 g/mol. The van der Waals surface area contributed by atoms with E-state index in [0.29, 0.717) is 0 Å². The Hall–Kier alpha value is -1.27. The molecule has 1 heterocycles. The van der Waals surface area contributed by atoms with Crippen LogP contribution in [0.3, 0.4) is 0 Å². The van der Waals surface area contributed by atoms with Crippen molar-refractivity contribution < 1.29 is 19.1 Å². The van der Waals surface area contributed by atoms with Crippen molar-refractivity contribution in [1.29, 1.82) is 0 Å². The van der Waals surface area contributed by atoms with Gasteiger partial charge in [-0.15, -0.1) is 0 Å². The fraction of sp³-hybridized carbons (Fsp3) is 0.231. The van der Waals surface area contributed by atoms with Gasteiger partial charge in [-0.2, -0.15) is 0 Å². The van der Waals surface area contributed by atoms with E-state index in [1.54, 1.807) is 0 Å². The number of hydrogen-bond donors (Lipinski definition) is 0. The molecular weight excluding hydrogens is 332 g/mol. The first-order chi connectivity index (χ1) is 8.87. The van der Waals surface area contributed by atoms with Gasteiger partial charge in [0.05, 0.1) is 0 Å². The summed E-state index contributed by atoms with van der Waals surface area (Å²) in [6, 6.07) is 7.49. The van der Waals surface area contributed by atoms with Crippen LogP contribution in [0, 0.1) is 0 Å². The van der Waals surface area contributed by atoms with E-state index in [1.165, 1.54) is 31.0 Å². The van der Waals surface area contributed by atoms with Gasteiger partial charge >= 0.3 is 11.9 Å². The number of cyclic esters (lactones) is 2. The third-order valence-electron chi connectivity index (χ3n) is 2.24. The summed E-state index contributed by atoms with van der Waals surface area (Å²) in [5.74, 6) is -2.52. The number of carbonyl (C=O) groups excluding carboxylic acids is 2. The van der Waals surface area contributed by atoms with Gasteiger partial charge in [0.2, 0.25) is 0 Å². The summed E-state index contributed by atoms with van der Waals surface area (Å²) in [4.78, 5) is 24.3. The third kappa shape index (κ3) is 3.61. The summed E-state index contributed by atoms with van der Waals surface area (Å²) in [5.41, 5.74) is -0.0905. The molecule has 0 atom stereocenters. The van der Waals surface area contributed by atoms with E-state index in [1.807, 2.05) is 24.3 Å². The van der Waals surface area contributed by atoms with Gasteiger partial charge in [-0.05, 0) is 29.7 Å². The van der Waals surface area contributed by atoms with Crippen LogP contribution in [-0.2, 0) is 19.1 Å². The van der Waals surface area contributed by atoms with Crippen molar-refractivity contribution in [2.75, 3.05) is 0 Å². The maximum Gasteiger partial charge on any atom is 0.349 e. The van der Waals surface area contributed by atoms with Crippen molar-refractivity contribution in [3.05, 3.63) is 39.7 Å². The van der Waals surface area contributed by atoms with Crippen molar-refractivity contribution >= 4 is 39.6 Å². The molecule has 0 radical (unpaired) electrons. The Bertz CT molecular complexity index is 526. The van der Waals surface area contributed by atoms with Crippen molar-refractivity contribution in [2.45, 2.75) is 24.5 Å². The van der Waals surface area contributed by atoms with Gasteiger partial charge in [0.25, 0.3) is 5.79 Å². The topological polar surface area (TPSA) is 52.6 Å². The van der Waals surface area contributed by atoms with E-state index < -0.39 is 17.7 Å². The third-order valence-corrected chi connectivity index (χ3v) is 3.67. The number of esters is 2. The molecule has 100 valence electrons. The van der Waals surface area contributed by atoms with Crippen LogP contribution in [0.2, 0.25) is 0 Å². The number of rotatable bonds is 2. The Morgan fingerprint density at radius 3 is 2.16 bits per heavy atom. The molecule has 0 unspecified atom stereocenters. The molecule has 1 aromatic carbocycles. The van der Waals surface area contributed by atoms with Crippen molar-refractivity contribution in [2.24, 2.45) is 0 Å². The first-order valence-electron chi connectivity index (χ1n) is 5.46. The molecule has 0 N–H and O–H groups in total. The minimum absolute atomic E-state index is 0.0905. The van der Waals surface area contributed by atoms with Gasteiger partial charge in [0.1, 0.15) is 0 Å².